The van der Waals surface area contributed by atoms with Crippen molar-refractivity contribution in [2.24, 2.45) is 0 Å². The third-order valence-corrected chi connectivity index (χ3v) is 3.21. The molecule has 1 fully saturated rings. The zero-order chi connectivity index (χ0) is 12.6. The Labute approximate surface area is 107 Å². The summed E-state index contributed by atoms with van der Waals surface area (Å²) < 4.78 is 11.3. The molecule has 0 aromatic carbocycles. The van der Waals surface area contributed by atoms with E-state index in [9.17, 15) is 0 Å². The standard InChI is InChI=1S/C14H27BO2/c1-4-5-6-7-8-9-11-14(2,3)15-16-12-10-13-17-15/h9,11H,4-8,10,12-13H2,1-3H3/b11-9-. The average molecular weight is 238 g/mol. The van der Waals surface area contributed by atoms with E-state index < -0.39 is 0 Å². The molecule has 0 aromatic heterocycles. The van der Waals surface area contributed by atoms with Crippen molar-refractivity contribution in [2.45, 2.75) is 64.6 Å². The van der Waals surface area contributed by atoms with Crippen LogP contribution >= 0.6 is 0 Å². The molecule has 0 N–H and O–H groups in total. The first-order valence-corrected chi connectivity index (χ1v) is 7.07. The van der Waals surface area contributed by atoms with E-state index in [0.717, 1.165) is 19.6 Å². The molecule has 0 aliphatic carbocycles. The molecule has 2 nitrogen and oxygen atoms in total. The van der Waals surface area contributed by atoms with Gasteiger partial charge in [0.15, 0.2) is 0 Å². The lowest BCUT2D eigenvalue weighted by Gasteiger charge is -2.30. The first kappa shape index (κ1) is 14.8. The molecule has 0 aromatic rings. The summed E-state index contributed by atoms with van der Waals surface area (Å²) in [7, 11) is -0.0665. The van der Waals surface area contributed by atoms with Crippen LogP contribution in [0.15, 0.2) is 12.2 Å². The van der Waals surface area contributed by atoms with E-state index in [1.54, 1.807) is 0 Å². The maximum absolute atomic E-state index is 5.66. The number of unbranched alkanes of at least 4 members (excludes halogenated alkanes) is 4. The van der Waals surface area contributed by atoms with Crippen molar-refractivity contribution in [1.29, 1.82) is 0 Å². The van der Waals surface area contributed by atoms with Crippen molar-refractivity contribution in [2.75, 3.05) is 13.2 Å². The van der Waals surface area contributed by atoms with Crippen molar-refractivity contribution < 1.29 is 9.31 Å². The van der Waals surface area contributed by atoms with E-state index in [-0.39, 0.29) is 12.4 Å². The van der Waals surface area contributed by atoms with Gasteiger partial charge >= 0.3 is 7.12 Å². The fourth-order valence-electron chi connectivity index (χ4n) is 2.07. The van der Waals surface area contributed by atoms with E-state index >= 15 is 0 Å². The Morgan fingerprint density at radius 2 is 1.82 bits per heavy atom. The number of rotatable bonds is 7. The average Bonchev–Trinajstić information content (AvgIpc) is 2.35. The molecule has 0 atom stereocenters. The molecule has 0 amide bonds. The van der Waals surface area contributed by atoms with Crippen LogP contribution in [0.2, 0.25) is 5.31 Å². The highest BCUT2D eigenvalue weighted by atomic mass is 16.6. The summed E-state index contributed by atoms with van der Waals surface area (Å²) in [5.41, 5.74) is 0. The third kappa shape index (κ3) is 5.74. The quantitative estimate of drug-likeness (QED) is 0.375. The van der Waals surface area contributed by atoms with Crippen LogP contribution in [0.5, 0.6) is 0 Å². The summed E-state index contributed by atoms with van der Waals surface area (Å²) in [5, 5.41) is -0.00875. The van der Waals surface area contributed by atoms with Gasteiger partial charge in [-0.2, -0.15) is 0 Å². The molecule has 1 aliphatic heterocycles. The second-order valence-electron chi connectivity index (χ2n) is 5.50. The molecule has 0 spiro atoms. The molecular formula is C14H27BO2. The highest BCUT2D eigenvalue weighted by Gasteiger charge is 2.37. The highest BCUT2D eigenvalue weighted by molar-refractivity contribution is 6.49. The van der Waals surface area contributed by atoms with Gasteiger partial charge in [0.2, 0.25) is 0 Å². The van der Waals surface area contributed by atoms with E-state index in [1.807, 2.05) is 0 Å². The van der Waals surface area contributed by atoms with Crippen LogP contribution < -0.4 is 0 Å². The maximum atomic E-state index is 5.66. The zero-order valence-corrected chi connectivity index (χ0v) is 11.7. The van der Waals surface area contributed by atoms with Gasteiger partial charge in [0.05, 0.1) is 0 Å². The maximum Gasteiger partial charge on any atom is 0.467 e. The fraction of sp³-hybridized carbons (Fsp3) is 0.857. The molecule has 0 radical (unpaired) electrons. The van der Waals surface area contributed by atoms with E-state index in [1.165, 1.54) is 32.1 Å². The lowest BCUT2D eigenvalue weighted by atomic mass is 9.59. The summed E-state index contributed by atoms with van der Waals surface area (Å²) in [6.45, 7) is 8.28. The number of hydrogen-bond donors (Lipinski definition) is 0. The van der Waals surface area contributed by atoms with E-state index in [4.69, 9.17) is 9.31 Å². The van der Waals surface area contributed by atoms with Crippen LogP contribution in [0, 0.1) is 0 Å². The Kier molecular flexibility index (Phi) is 6.90. The smallest absolute Gasteiger partial charge is 0.411 e. The summed E-state index contributed by atoms with van der Waals surface area (Å²) in [4.78, 5) is 0. The normalized spacial score (nSPS) is 17.9. The largest absolute Gasteiger partial charge is 0.467 e. The summed E-state index contributed by atoms with van der Waals surface area (Å²) in [6.07, 6.45) is 12.0. The molecular weight excluding hydrogens is 211 g/mol. The topological polar surface area (TPSA) is 18.5 Å². The summed E-state index contributed by atoms with van der Waals surface area (Å²) in [6, 6.07) is 0. The van der Waals surface area contributed by atoms with Gasteiger partial charge in [-0.25, -0.2) is 0 Å². The molecule has 1 rings (SSSR count). The number of hydrogen-bond acceptors (Lipinski definition) is 2. The molecule has 1 saturated heterocycles. The van der Waals surface area contributed by atoms with Crippen LogP contribution in [-0.2, 0) is 9.31 Å². The molecule has 17 heavy (non-hydrogen) atoms. The molecule has 0 bridgehead atoms. The lowest BCUT2D eigenvalue weighted by Crippen LogP contribution is -2.38. The van der Waals surface area contributed by atoms with Crippen LogP contribution in [0.3, 0.4) is 0 Å². The van der Waals surface area contributed by atoms with Gasteiger partial charge in [-0.15, -0.1) is 0 Å². The van der Waals surface area contributed by atoms with Gasteiger partial charge in [-0.1, -0.05) is 52.2 Å². The Balaban J connectivity index is 2.24. The minimum absolute atomic E-state index is 0.00875. The van der Waals surface area contributed by atoms with Crippen LogP contribution in [0.25, 0.3) is 0 Å². The second-order valence-corrected chi connectivity index (χ2v) is 5.50. The SMILES string of the molecule is CCCCCC/C=C\C(C)(C)B1OCCCO1. The highest BCUT2D eigenvalue weighted by Crippen LogP contribution is 2.33. The molecule has 98 valence electrons. The van der Waals surface area contributed by atoms with Gasteiger partial charge in [0, 0.05) is 18.5 Å². The van der Waals surface area contributed by atoms with Crippen molar-refractivity contribution in [3.8, 4) is 0 Å². The monoisotopic (exact) mass is 238 g/mol. The Bertz CT molecular complexity index is 220. The predicted molar refractivity (Wildman–Crippen MR) is 74.2 cm³/mol. The van der Waals surface area contributed by atoms with E-state index in [2.05, 4.69) is 32.9 Å². The van der Waals surface area contributed by atoms with Crippen LogP contribution in [0.1, 0.15) is 59.3 Å². The second kappa shape index (κ2) is 7.94. The van der Waals surface area contributed by atoms with Gasteiger partial charge in [0.25, 0.3) is 0 Å². The molecule has 1 aliphatic rings. The lowest BCUT2D eigenvalue weighted by molar-refractivity contribution is 0.122. The van der Waals surface area contributed by atoms with Gasteiger partial charge in [-0.3, -0.25) is 0 Å². The van der Waals surface area contributed by atoms with Crippen molar-refractivity contribution in [3.05, 3.63) is 12.2 Å². The van der Waals surface area contributed by atoms with Gasteiger partial charge in [-0.05, 0) is 19.3 Å². The Morgan fingerprint density at radius 3 is 2.47 bits per heavy atom. The van der Waals surface area contributed by atoms with Gasteiger partial charge < -0.3 is 9.31 Å². The van der Waals surface area contributed by atoms with E-state index in [0.29, 0.717) is 0 Å². The molecule has 1 heterocycles. The predicted octanol–water partition coefficient (Wildman–Crippen LogP) is 4.22. The number of allylic oxidation sites excluding steroid dienone is 2. The summed E-state index contributed by atoms with van der Waals surface area (Å²) >= 11 is 0. The van der Waals surface area contributed by atoms with Gasteiger partial charge in [0.1, 0.15) is 0 Å². The van der Waals surface area contributed by atoms with Crippen molar-refractivity contribution in [3.63, 3.8) is 0 Å². The molecule has 0 saturated carbocycles. The minimum atomic E-state index is -0.0665. The fourth-order valence-corrected chi connectivity index (χ4v) is 2.07. The van der Waals surface area contributed by atoms with Crippen LogP contribution in [-0.4, -0.2) is 20.3 Å². The first-order chi connectivity index (χ1) is 8.17. The van der Waals surface area contributed by atoms with Crippen LogP contribution in [0.4, 0.5) is 0 Å². The van der Waals surface area contributed by atoms with Crippen molar-refractivity contribution >= 4 is 7.12 Å². The zero-order valence-electron chi connectivity index (χ0n) is 11.7. The minimum Gasteiger partial charge on any atom is -0.411 e. The Morgan fingerprint density at radius 1 is 1.12 bits per heavy atom. The molecule has 0 unspecified atom stereocenters. The Hall–Kier alpha value is -0.275. The molecule has 3 heteroatoms. The van der Waals surface area contributed by atoms with Crippen molar-refractivity contribution in [1.82, 2.24) is 0 Å². The first-order valence-electron chi connectivity index (χ1n) is 7.07. The third-order valence-electron chi connectivity index (χ3n) is 3.21. The summed E-state index contributed by atoms with van der Waals surface area (Å²) in [5.74, 6) is 0.